The summed E-state index contributed by atoms with van der Waals surface area (Å²) in [5.41, 5.74) is 1.34. The fourth-order valence-corrected chi connectivity index (χ4v) is 2.25. The zero-order valence-electron chi connectivity index (χ0n) is 10.7. The van der Waals surface area contributed by atoms with E-state index in [9.17, 15) is 9.90 Å². The number of carbonyl (C=O) groups excluding carboxylic acids is 1. The second-order valence-electron chi connectivity index (χ2n) is 4.22. The van der Waals surface area contributed by atoms with Crippen LogP contribution in [0.5, 0.6) is 5.75 Å². The minimum absolute atomic E-state index is 0.00495. The average molecular weight is 253 g/mol. The van der Waals surface area contributed by atoms with Gasteiger partial charge in [0, 0.05) is 24.4 Å². The van der Waals surface area contributed by atoms with Crippen LogP contribution in [0.4, 0.5) is 0 Å². The number of hydrogen-bond acceptors (Lipinski definition) is 3. The summed E-state index contributed by atoms with van der Waals surface area (Å²) in [5.74, 6) is 1.13. The monoisotopic (exact) mass is 253 g/mol. The van der Waals surface area contributed by atoms with Crippen molar-refractivity contribution in [2.75, 3.05) is 19.1 Å². The van der Waals surface area contributed by atoms with Gasteiger partial charge in [-0.2, -0.15) is 11.8 Å². The van der Waals surface area contributed by atoms with E-state index in [0.29, 0.717) is 5.56 Å². The Kier molecular flexibility index (Phi) is 4.87. The van der Waals surface area contributed by atoms with Crippen LogP contribution in [0.3, 0.4) is 0 Å². The second kappa shape index (κ2) is 5.96. The number of benzene rings is 1. The minimum atomic E-state index is -0.00495. The average Bonchev–Trinajstić information content (AvgIpc) is 2.31. The third-order valence-electron chi connectivity index (χ3n) is 2.83. The van der Waals surface area contributed by atoms with Gasteiger partial charge in [-0.05, 0) is 43.9 Å². The summed E-state index contributed by atoms with van der Waals surface area (Å²) in [5, 5.41) is 9.43. The van der Waals surface area contributed by atoms with Crippen molar-refractivity contribution in [3.63, 3.8) is 0 Å². The van der Waals surface area contributed by atoms with E-state index in [4.69, 9.17) is 0 Å². The maximum atomic E-state index is 12.2. The first-order valence-corrected chi connectivity index (χ1v) is 6.92. The van der Waals surface area contributed by atoms with Gasteiger partial charge in [-0.25, -0.2) is 0 Å². The number of nitrogens with zero attached hydrogens (tertiary/aromatic N) is 1. The topological polar surface area (TPSA) is 40.5 Å². The van der Waals surface area contributed by atoms with Crippen molar-refractivity contribution in [3.8, 4) is 5.75 Å². The Morgan fingerprint density at radius 3 is 2.71 bits per heavy atom. The minimum Gasteiger partial charge on any atom is -0.508 e. The van der Waals surface area contributed by atoms with Gasteiger partial charge in [0.05, 0.1) is 0 Å². The summed E-state index contributed by atoms with van der Waals surface area (Å²) in [6.45, 7) is 3.82. The molecule has 0 saturated heterocycles. The molecule has 3 nitrogen and oxygen atoms in total. The number of rotatable bonds is 4. The molecule has 0 saturated carbocycles. The predicted octanol–water partition coefficient (Wildman–Crippen LogP) is 2.52. The molecule has 1 aromatic rings. The first kappa shape index (κ1) is 13.9. The molecule has 0 aliphatic rings. The number of hydrogen-bond donors (Lipinski definition) is 1. The fourth-order valence-electron chi connectivity index (χ4n) is 1.55. The summed E-state index contributed by atoms with van der Waals surface area (Å²) >= 11 is 1.72. The highest BCUT2D eigenvalue weighted by molar-refractivity contribution is 7.98. The van der Waals surface area contributed by atoms with Gasteiger partial charge < -0.3 is 10.0 Å². The van der Waals surface area contributed by atoms with E-state index in [1.807, 2.05) is 20.2 Å². The third-order valence-corrected chi connectivity index (χ3v) is 3.65. The van der Waals surface area contributed by atoms with E-state index < -0.39 is 0 Å². The van der Waals surface area contributed by atoms with Gasteiger partial charge in [0.2, 0.25) is 0 Å². The molecule has 1 atom stereocenters. The van der Waals surface area contributed by atoms with Gasteiger partial charge in [0.25, 0.3) is 5.91 Å². The Morgan fingerprint density at radius 1 is 1.53 bits per heavy atom. The van der Waals surface area contributed by atoms with E-state index in [0.717, 1.165) is 11.3 Å². The van der Waals surface area contributed by atoms with Crippen molar-refractivity contribution in [3.05, 3.63) is 29.3 Å². The summed E-state index contributed by atoms with van der Waals surface area (Å²) < 4.78 is 0. The lowest BCUT2D eigenvalue weighted by Crippen LogP contribution is -2.36. The molecule has 0 fully saturated rings. The molecule has 1 rings (SSSR count). The van der Waals surface area contributed by atoms with Crippen LogP contribution < -0.4 is 0 Å². The molecule has 4 heteroatoms. The summed E-state index contributed by atoms with van der Waals surface area (Å²) in [6, 6.07) is 5.15. The first-order valence-electron chi connectivity index (χ1n) is 5.53. The lowest BCUT2D eigenvalue weighted by molar-refractivity contribution is 0.0757. The van der Waals surface area contributed by atoms with Gasteiger partial charge in [-0.3, -0.25) is 4.79 Å². The number of thioether (sulfide) groups is 1. The maximum absolute atomic E-state index is 12.2. The van der Waals surface area contributed by atoms with Gasteiger partial charge >= 0.3 is 0 Å². The van der Waals surface area contributed by atoms with Crippen molar-refractivity contribution >= 4 is 17.7 Å². The number of phenols is 1. The summed E-state index contributed by atoms with van der Waals surface area (Å²) in [4.78, 5) is 13.9. The Labute approximate surface area is 107 Å². The molecule has 0 spiro atoms. The van der Waals surface area contributed by atoms with Crippen LogP contribution >= 0.6 is 11.8 Å². The zero-order chi connectivity index (χ0) is 13.0. The molecule has 1 aromatic carbocycles. The Hall–Kier alpha value is -1.16. The molecule has 1 amide bonds. The molecule has 0 bridgehead atoms. The van der Waals surface area contributed by atoms with Crippen molar-refractivity contribution in [2.45, 2.75) is 19.9 Å². The van der Waals surface area contributed by atoms with E-state index in [-0.39, 0.29) is 17.7 Å². The largest absolute Gasteiger partial charge is 0.508 e. The van der Waals surface area contributed by atoms with Crippen LogP contribution in [0.2, 0.25) is 0 Å². The molecule has 1 N–H and O–H groups in total. The van der Waals surface area contributed by atoms with Crippen LogP contribution in [0.1, 0.15) is 22.8 Å². The van der Waals surface area contributed by atoms with E-state index in [1.165, 1.54) is 0 Å². The molecule has 1 unspecified atom stereocenters. The highest BCUT2D eigenvalue weighted by Gasteiger charge is 2.17. The molecule has 0 aliphatic heterocycles. The lowest BCUT2D eigenvalue weighted by atomic mass is 10.1. The standard InChI is InChI=1S/C13H19NO2S/c1-9-7-11(5-6-12(9)15)13(16)14(3)10(2)8-17-4/h5-7,10,15H,8H2,1-4H3. The van der Waals surface area contributed by atoms with Crippen LogP contribution in [0.15, 0.2) is 18.2 Å². The predicted molar refractivity (Wildman–Crippen MR) is 72.8 cm³/mol. The lowest BCUT2D eigenvalue weighted by Gasteiger charge is -2.24. The van der Waals surface area contributed by atoms with Crippen molar-refractivity contribution in [2.24, 2.45) is 0 Å². The number of amides is 1. The highest BCUT2D eigenvalue weighted by Crippen LogP contribution is 2.18. The maximum Gasteiger partial charge on any atom is 0.253 e. The fraction of sp³-hybridized carbons (Fsp3) is 0.462. The van der Waals surface area contributed by atoms with E-state index in [2.05, 4.69) is 0 Å². The quantitative estimate of drug-likeness (QED) is 0.896. The van der Waals surface area contributed by atoms with Gasteiger partial charge in [-0.15, -0.1) is 0 Å². The number of aryl methyl sites for hydroxylation is 1. The molecular weight excluding hydrogens is 234 g/mol. The molecule has 0 aliphatic carbocycles. The SMILES string of the molecule is CSCC(C)N(C)C(=O)c1ccc(O)c(C)c1. The van der Waals surface area contributed by atoms with E-state index >= 15 is 0 Å². The number of phenolic OH excluding ortho intramolecular Hbond substituents is 1. The molecule has 17 heavy (non-hydrogen) atoms. The van der Waals surface area contributed by atoms with Crippen molar-refractivity contribution < 1.29 is 9.90 Å². The van der Waals surface area contributed by atoms with Crippen LogP contribution in [0, 0.1) is 6.92 Å². The van der Waals surface area contributed by atoms with Crippen LogP contribution in [0.25, 0.3) is 0 Å². The summed E-state index contributed by atoms with van der Waals surface area (Å²) in [7, 11) is 1.81. The smallest absolute Gasteiger partial charge is 0.253 e. The molecule has 0 heterocycles. The number of carbonyl (C=O) groups is 1. The normalized spacial score (nSPS) is 12.2. The Balaban J connectivity index is 2.85. The molecule has 0 aromatic heterocycles. The number of aromatic hydroxyl groups is 1. The summed E-state index contributed by atoms with van der Waals surface area (Å²) in [6.07, 6.45) is 2.03. The second-order valence-corrected chi connectivity index (χ2v) is 5.13. The van der Waals surface area contributed by atoms with Crippen molar-refractivity contribution in [1.29, 1.82) is 0 Å². The Bertz CT molecular complexity index is 406. The Morgan fingerprint density at radius 2 is 2.18 bits per heavy atom. The van der Waals surface area contributed by atoms with Crippen LogP contribution in [-0.4, -0.2) is 41.0 Å². The van der Waals surface area contributed by atoms with Crippen LogP contribution in [-0.2, 0) is 0 Å². The highest BCUT2D eigenvalue weighted by atomic mass is 32.2. The molecule has 94 valence electrons. The third kappa shape index (κ3) is 3.40. The zero-order valence-corrected chi connectivity index (χ0v) is 11.5. The van der Waals surface area contributed by atoms with Crippen molar-refractivity contribution in [1.82, 2.24) is 4.90 Å². The van der Waals surface area contributed by atoms with E-state index in [1.54, 1.807) is 41.8 Å². The first-order chi connectivity index (χ1) is 7.97. The van der Waals surface area contributed by atoms with Gasteiger partial charge in [-0.1, -0.05) is 0 Å². The molecular formula is C13H19NO2S. The molecule has 0 radical (unpaired) electrons. The van der Waals surface area contributed by atoms with Gasteiger partial charge in [0.15, 0.2) is 0 Å². The van der Waals surface area contributed by atoms with Gasteiger partial charge in [0.1, 0.15) is 5.75 Å².